The van der Waals surface area contributed by atoms with E-state index in [4.69, 9.17) is 4.74 Å². The molecule has 0 heterocycles. The van der Waals surface area contributed by atoms with E-state index in [2.05, 4.69) is 5.43 Å². The van der Waals surface area contributed by atoms with Crippen molar-refractivity contribution in [3.8, 4) is 0 Å². The first kappa shape index (κ1) is 16.4. The van der Waals surface area contributed by atoms with Gasteiger partial charge in [-0.1, -0.05) is 12.1 Å². The van der Waals surface area contributed by atoms with E-state index in [-0.39, 0.29) is 11.3 Å². The van der Waals surface area contributed by atoms with Gasteiger partial charge in [0.2, 0.25) is 0 Å². The quantitative estimate of drug-likeness (QED) is 0.641. The lowest BCUT2D eigenvalue weighted by Crippen LogP contribution is -2.44. The van der Waals surface area contributed by atoms with E-state index in [0.29, 0.717) is 5.56 Å². The third-order valence-electron chi connectivity index (χ3n) is 2.34. The van der Waals surface area contributed by atoms with Gasteiger partial charge in [-0.15, -0.1) is 0 Å². The molecule has 0 aliphatic rings. The van der Waals surface area contributed by atoms with Crippen molar-refractivity contribution in [3.05, 3.63) is 39.4 Å². The SMILES string of the molecule is Cc1cccc(C(=O)NNC(=O)OC(C)(C)C)c1[N+](=O)[O-]. The maximum atomic E-state index is 11.9. The molecule has 0 bridgehead atoms. The largest absolute Gasteiger partial charge is 0.443 e. The molecule has 1 aromatic carbocycles. The van der Waals surface area contributed by atoms with Gasteiger partial charge in [0.1, 0.15) is 11.2 Å². The lowest BCUT2D eigenvalue weighted by atomic mass is 10.1. The molecule has 0 aliphatic heterocycles. The number of carbonyl (C=O) groups excluding carboxylic acids is 2. The standard InChI is InChI=1S/C13H17N3O5/c1-8-6-5-7-9(10(8)16(19)20)11(17)14-15-12(18)21-13(2,3)4/h5-7H,1-4H3,(H,14,17)(H,15,18). The van der Waals surface area contributed by atoms with Crippen LogP contribution in [0.25, 0.3) is 0 Å². The number of amides is 2. The summed E-state index contributed by atoms with van der Waals surface area (Å²) in [5.41, 5.74) is 3.30. The number of nitro benzene ring substituents is 1. The van der Waals surface area contributed by atoms with Gasteiger partial charge in [0, 0.05) is 5.56 Å². The van der Waals surface area contributed by atoms with Crippen LogP contribution in [0.5, 0.6) is 0 Å². The van der Waals surface area contributed by atoms with E-state index in [1.807, 2.05) is 5.43 Å². The summed E-state index contributed by atoms with van der Waals surface area (Å²) in [5.74, 6) is -0.795. The Balaban J connectivity index is 2.80. The molecule has 0 spiro atoms. The molecule has 1 rings (SSSR count). The van der Waals surface area contributed by atoms with Gasteiger partial charge in [0.15, 0.2) is 0 Å². The smallest absolute Gasteiger partial charge is 0.426 e. The molecule has 0 atom stereocenters. The van der Waals surface area contributed by atoms with Gasteiger partial charge in [0.05, 0.1) is 4.92 Å². The summed E-state index contributed by atoms with van der Waals surface area (Å²) in [4.78, 5) is 33.6. The Morgan fingerprint density at radius 2 is 1.86 bits per heavy atom. The fourth-order valence-corrected chi connectivity index (χ4v) is 1.56. The topological polar surface area (TPSA) is 111 Å². The van der Waals surface area contributed by atoms with Gasteiger partial charge in [-0.05, 0) is 33.8 Å². The molecule has 2 N–H and O–H groups in total. The first-order valence-corrected chi connectivity index (χ1v) is 6.15. The minimum Gasteiger partial charge on any atom is -0.443 e. The van der Waals surface area contributed by atoms with Gasteiger partial charge >= 0.3 is 6.09 Å². The molecule has 0 saturated heterocycles. The van der Waals surface area contributed by atoms with Crippen molar-refractivity contribution in [2.75, 3.05) is 0 Å². The van der Waals surface area contributed by atoms with E-state index in [1.165, 1.54) is 25.1 Å². The third kappa shape index (κ3) is 4.75. The Morgan fingerprint density at radius 3 is 2.38 bits per heavy atom. The number of rotatable bonds is 2. The van der Waals surface area contributed by atoms with Crippen molar-refractivity contribution < 1.29 is 19.2 Å². The van der Waals surface area contributed by atoms with Crippen molar-refractivity contribution in [3.63, 3.8) is 0 Å². The second-order valence-corrected chi connectivity index (χ2v) is 5.31. The molecule has 114 valence electrons. The van der Waals surface area contributed by atoms with Crippen molar-refractivity contribution in [1.82, 2.24) is 10.9 Å². The molecule has 0 unspecified atom stereocenters. The Hall–Kier alpha value is -2.64. The zero-order chi connectivity index (χ0) is 16.2. The van der Waals surface area contributed by atoms with E-state index in [1.54, 1.807) is 20.8 Å². The second-order valence-electron chi connectivity index (χ2n) is 5.31. The minimum atomic E-state index is -0.855. The first-order chi connectivity index (χ1) is 9.61. The molecule has 0 saturated carbocycles. The number of carbonyl (C=O) groups is 2. The van der Waals surface area contributed by atoms with Crippen molar-refractivity contribution in [2.45, 2.75) is 33.3 Å². The highest BCUT2D eigenvalue weighted by Crippen LogP contribution is 2.22. The molecule has 2 amide bonds. The van der Waals surface area contributed by atoms with Crippen LogP contribution in [0.3, 0.4) is 0 Å². The second kappa shape index (κ2) is 6.21. The summed E-state index contributed by atoms with van der Waals surface area (Å²) in [6.07, 6.45) is -0.855. The Morgan fingerprint density at radius 1 is 1.24 bits per heavy atom. The van der Waals surface area contributed by atoms with E-state index >= 15 is 0 Å². The Bertz CT molecular complexity index is 578. The molecule has 0 aromatic heterocycles. The number of hydrazine groups is 1. The molecule has 1 aromatic rings. The maximum Gasteiger partial charge on any atom is 0.426 e. The Labute approximate surface area is 121 Å². The molecule has 0 radical (unpaired) electrons. The van der Waals surface area contributed by atoms with Crippen LogP contribution in [-0.2, 0) is 4.74 Å². The van der Waals surface area contributed by atoms with E-state index in [9.17, 15) is 19.7 Å². The minimum absolute atomic E-state index is 0.143. The van der Waals surface area contributed by atoms with Gasteiger partial charge in [-0.3, -0.25) is 20.3 Å². The van der Waals surface area contributed by atoms with Crippen LogP contribution in [0.4, 0.5) is 10.5 Å². The molecular weight excluding hydrogens is 278 g/mol. The van der Waals surface area contributed by atoms with Crippen LogP contribution in [-0.4, -0.2) is 22.5 Å². The molecule has 8 heteroatoms. The summed E-state index contributed by atoms with van der Waals surface area (Å²) < 4.78 is 4.93. The molecule has 21 heavy (non-hydrogen) atoms. The zero-order valence-corrected chi connectivity index (χ0v) is 12.2. The predicted octanol–water partition coefficient (Wildman–Crippen LogP) is 2.07. The third-order valence-corrected chi connectivity index (χ3v) is 2.34. The lowest BCUT2D eigenvalue weighted by molar-refractivity contribution is -0.385. The van der Waals surface area contributed by atoms with Crippen molar-refractivity contribution in [2.24, 2.45) is 0 Å². The fourth-order valence-electron chi connectivity index (χ4n) is 1.56. The average Bonchev–Trinajstić information content (AvgIpc) is 2.33. The zero-order valence-electron chi connectivity index (χ0n) is 12.2. The maximum absolute atomic E-state index is 11.9. The number of para-hydroxylation sites is 1. The van der Waals surface area contributed by atoms with Gasteiger partial charge in [-0.2, -0.15) is 0 Å². The van der Waals surface area contributed by atoms with Gasteiger partial charge in [-0.25, -0.2) is 10.2 Å². The summed E-state index contributed by atoms with van der Waals surface area (Å²) in [7, 11) is 0. The summed E-state index contributed by atoms with van der Waals surface area (Å²) in [6, 6.07) is 4.35. The number of benzene rings is 1. The molecular formula is C13H17N3O5. The van der Waals surface area contributed by atoms with Crippen LogP contribution in [0.15, 0.2) is 18.2 Å². The van der Waals surface area contributed by atoms with E-state index in [0.717, 1.165) is 0 Å². The summed E-state index contributed by atoms with van der Waals surface area (Å²) >= 11 is 0. The lowest BCUT2D eigenvalue weighted by Gasteiger charge is -2.19. The number of nitrogens with one attached hydrogen (secondary N) is 2. The fraction of sp³-hybridized carbons (Fsp3) is 0.385. The molecule has 0 fully saturated rings. The number of hydrogen-bond donors (Lipinski definition) is 2. The number of ether oxygens (including phenoxy) is 1. The highest BCUT2D eigenvalue weighted by molar-refractivity contribution is 5.99. The Kier molecular flexibility index (Phi) is 4.85. The highest BCUT2D eigenvalue weighted by atomic mass is 16.6. The van der Waals surface area contributed by atoms with Crippen LogP contribution in [0.2, 0.25) is 0 Å². The summed E-state index contributed by atoms with van der Waals surface area (Å²) in [6.45, 7) is 6.52. The number of nitro groups is 1. The molecule has 0 aliphatic carbocycles. The number of hydrogen-bond acceptors (Lipinski definition) is 5. The number of nitrogens with zero attached hydrogens (tertiary/aromatic N) is 1. The predicted molar refractivity (Wildman–Crippen MR) is 74.7 cm³/mol. The molecule has 8 nitrogen and oxygen atoms in total. The van der Waals surface area contributed by atoms with Crippen molar-refractivity contribution in [1.29, 1.82) is 0 Å². The normalized spacial score (nSPS) is 10.7. The van der Waals surface area contributed by atoms with E-state index < -0.39 is 22.5 Å². The monoisotopic (exact) mass is 295 g/mol. The van der Waals surface area contributed by atoms with Crippen LogP contribution in [0.1, 0.15) is 36.7 Å². The first-order valence-electron chi connectivity index (χ1n) is 6.15. The van der Waals surface area contributed by atoms with Crippen LogP contribution in [0, 0.1) is 17.0 Å². The highest BCUT2D eigenvalue weighted by Gasteiger charge is 2.23. The van der Waals surface area contributed by atoms with Crippen LogP contribution >= 0.6 is 0 Å². The van der Waals surface area contributed by atoms with Crippen molar-refractivity contribution >= 4 is 17.7 Å². The number of aryl methyl sites for hydroxylation is 1. The van der Waals surface area contributed by atoms with Gasteiger partial charge < -0.3 is 4.74 Å². The summed E-state index contributed by atoms with van der Waals surface area (Å²) in [5, 5.41) is 11.0. The van der Waals surface area contributed by atoms with Gasteiger partial charge in [0.25, 0.3) is 11.6 Å². The average molecular weight is 295 g/mol. The van der Waals surface area contributed by atoms with Crippen LogP contribution < -0.4 is 10.9 Å².